The standard InChI is InChI=1S/C16H18N2O2/c1-16(2,12-6-4-3-5-7-12)15-17-14(20-18-15)10-13(19)11-8-9-11/h3-7,11H,8-10H2,1-2H3. The average molecular weight is 270 g/mol. The van der Waals surface area contributed by atoms with E-state index in [1.807, 2.05) is 30.3 Å². The van der Waals surface area contributed by atoms with Crippen LogP contribution in [0, 0.1) is 5.92 Å². The first kappa shape index (κ1) is 13.0. The van der Waals surface area contributed by atoms with Gasteiger partial charge in [-0.05, 0) is 32.3 Å². The molecule has 1 aliphatic carbocycles. The second-order valence-electron chi connectivity index (χ2n) is 5.92. The Balaban J connectivity index is 1.80. The summed E-state index contributed by atoms with van der Waals surface area (Å²) >= 11 is 0. The highest BCUT2D eigenvalue weighted by molar-refractivity contribution is 5.84. The molecule has 0 radical (unpaired) electrons. The molecule has 0 bridgehead atoms. The monoisotopic (exact) mass is 270 g/mol. The number of nitrogens with zero attached hydrogens (tertiary/aromatic N) is 2. The van der Waals surface area contributed by atoms with Crippen LogP contribution in [0.25, 0.3) is 0 Å². The van der Waals surface area contributed by atoms with E-state index < -0.39 is 0 Å². The van der Waals surface area contributed by atoms with Gasteiger partial charge in [0.2, 0.25) is 5.89 Å². The summed E-state index contributed by atoms with van der Waals surface area (Å²) in [6.07, 6.45) is 2.28. The molecule has 1 heterocycles. The van der Waals surface area contributed by atoms with Gasteiger partial charge in [-0.3, -0.25) is 4.79 Å². The molecule has 0 atom stereocenters. The van der Waals surface area contributed by atoms with Gasteiger partial charge in [-0.25, -0.2) is 0 Å². The first-order valence-corrected chi connectivity index (χ1v) is 6.98. The average Bonchev–Trinajstić information content (AvgIpc) is 3.20. The summed E-state index contributed by atoms with van der Waals surface area (Å²) < 4.78 is 5.24. The number of aromatic nitrogens is 2. The van der Waals surface area contributed by atoms with Crippen LogP contribution in [0.2, 0.25) is 0 Å². The molecule has 1 saturated carbocycles. The molecule has 1 aromatic carbocycles. The highest BCUT2D eigenvalue weighted by Gasteiger charge is 2.32. The van der Waals surface area contributed by atoms with Crippen LogP contribution >= 0.6 is 0 Å². The summed E-state index contributed by atoms with van der Waals surface area (Å²) in [5, 5.41) is 4.06. The lowest BCUT2D eigenvalue weighted by Crippen LogP contribution is -2.20. The smallest absolute Gasteiger partial charge is 0.234 e. The summed E-state index contributed by atoms with van der Waals surface area (Å²) in [6.45, 7) is 4.11. The van der Waals surface area contributed by atoms with Gasteiger partial charge in [0, 0.05) is 5.92 Å². The molecule has 3 rings (SSSR count). The van der Waals surface area contributed by atoms with Crippen molar-refractivity contribution in [3.8, 4) is 0 Å². The van der Waals surface area contributed by atoms with E-state index >= 15 is 0 Å². The normalized spacial score (nSPS) is 15.3. The van der Waals surface area contributed by atoms with Crippen molar-refractivity contribution in [2.45, 2.75) is 38.5 Å². The number of benzene rings is 1. The van der Waals surface area contributed by atoms with Gasteiger partial charge < -0.3 is 4.52 Å². The Bertz CT molecular complexity index is 612. The molecule has 4 nitrogen and oxygen atoms in total. The van der Waals surface area contributed by atoms with Crippen molar-refractivity contribution in [2.75, 3.05) is 0 Å². The zero-order valence-electron chi connectivity index (χ0n) is 11.8. The van der Waals surface area contributed by atoms with Crippen molar-refractivity contribution in [3.05, 3.63) is 47.6 Å². The summed E-state index contributed by atoms with van der Waals surface area (Å²) in [5.41, 5.74) is 0.798. The molecule has 0 saturated heterocycles. The van der Waals surface area contributed by atoms with Gasteiger partial charge in [-0.2, -0.15) is 4.98 Å². The number of hydrogen-bond donors (Lipinski definition) is 0. The minimum absolute atomic E-state index is 0.220. The van der Waals surface area contributed by atoms with Gasteiger partial charge in [-0.15, -0.1) is 0 Å². The maximum Gasteiger partial charge on any atom is 0.234 e. The predicted molar refractivity (Wildman–Crippen MR) is 74.3 cm³/mol. The van der Waals surface area contributed by atoms with E-state index in [0.717, 1.165) is 18.4 Å². The van der Waals surface area contributed by atoms with Crippen LogP contribution in [0.1, 0.15) is 44.0 Å². The van der Waals surface area contributed by atoms with Crippen LogP contribution in [0.3, 0.4) is 0 Å². The maximum absolute atomic E-state index is 11.8. The van der Waals surface area contributed by atoms with Crippen molar-refractivity contribution in [1.82, 2.24) is 10.1 Å². The molecular formula is C16H18N2O2. The van der Waals surface area contributed by atoms with Crippen LogP contribution < -0.4 is 0 Å². The zero-order valence-corrected chi connectivity index (χ0v) is 11.8. The fourth-order valence-electron chi connectivity index (χ4n) is 2.26. The summed E-state index contributed by atoms with van der Waals surface area (Å²) in [6, 6.07) is 10.1. The van der Waals surface area contributed by atoms with E-state index in [9.17, 15) is 4.79 Å². The van der Waals surface area contributed by atoms with Crippen molar-refractivity contribution in [1.29, 1.82) is 0 Å². The van der Waals surface area contributed by atoms with Gasteiger partial charge in [0.05, 0.1) is 11.8 Å². The molecule has 0 unspecified atom stereocenters. The Morgan fingerprint density at radius 2 is 2.00 bits per heavy atom. The van der Waals surface area contributed by atoms with Gasteiger partial charge in [0.25, 0.3) is 0 Å². The third kappa shape index (κ3) is 2.50. The molecule has 0 spiro atoms. The predicted octanol–water partition coefficient (Wildman–Crippen LogP) is 2.92. The highest BCUT2D eigenvalue weighted by Crippen LogP contribution is 2.32. The molecule has 1 fully saturated rings. The Labute approximate surface area is 118 Å². The number of ketones is 1. The molecule has 104 valence electrons. The third-order valence-corrected chi connectivity index (χ3v) is 3.88. The van der Waals surface area contributed by atoms with Crippen molar-refractivity contribution < 1.29 is 9.32 Å². The first-order chi connectivity index (χ1) is 9.57. The van der Waals surface area contributed by atoms with Crippen LogP contribution in [-0.2, 0) is 16.6 Å². The van der Waals surface area contributed by atoms with Gasteiger partial charge in [0.1, 0.15) is 5.78 Å². The second kappa shape index (κ2) is 4.85. The number of rotatable bonds is 5. The van der Waals surface area contributed by atoms with E-state index in [-0.39, 0.29) is 23.5 Å². The minimum Gasteiger partial charge on any atom is -0.339 e. The van der Waals surface area contributed by atoms with Crippen molar-refractivity contribution >= 4 is 5.78 Å². The number of hydrogen-bond acceptors (Lipinski definition) is 4. The topological polar surface area (TPSA) is 56.0 Å². The van der Waals surface area contributed by atoms with Gasteiger partial charge in [-0.1, -0.05) is 35.5 Å². The van der Waals surface area contributed by atoms with E-state index in [1.165, 1.54) is 0 Å². The van der Waals surface area contributed by atoms with E-state index in [2.05, 4.69) is 24.0 Å². The quantitative estimate of drug-likeness (QED) is 0.838. The molecule has 4 heteroatoms. The molecule has 1 aliphatic rings. The Morgan fingerprint density at radius 1 is 1.30 bits per heavy atom. The van der Waals surface area contributed by atoms with Crippen LogP contribution in [0.4, 0.5) is 0 Å². The molecule has 0 amide bonds. The Kier molecular flexibility index (Phi) is 3.16. The summed E-state index contributed by atoms with van der Waals surface area (Å²) in [7, 11) is 0. The number of carbonyl (C=O) groups is 1. The Hall–Kier alpha value is -1.97. The SMILES string of the molecule is CC(C)(c1ccccc1)c1noc(CC(=O)C2CC2)n1. The molecule has 0 aliphatic heterocycles. The summed E-state index contributed by atoms with van der Waals surface area (Å²) in [5.74, 6) is 1.51. The molecule has 1 aromatic heterocycles. The van der Waals surface area contributed by atoms with E-state index in [1.54, 1.807) is 0 Å². The van der Waals surface area contributed by atoms with Crippen LogP contribution in [-0.4, -0.2) is 15.9 Å². The summed E-state index contributed by atoms with van der Waals surface area (Å²) in [4.78, 5) is 16.2. The van der Waals surface area contributed by atoms with Crippen molar-refractivity contribution in [2.24, 2.45) is 5.92 Å². The van der Waals surface area contributed by atoms with Gasteiger partial charge >= 0.3 is 0 Å². The Morgan fingerprint density at radius 3 is 2.65 bits per heavy atom. The lowest BCUT2D eigenvalue weighted by atomic mass is 9.84. The van der Waals surface area contributed by atoms with Crippen LogP contribution in [0.5, 0.6) is 0 Å². The van der Waals surface area contributed by atoms with Crippen LogP contribution in [0.15, 0.2) is 34.9 Å². The fraction of sp³-hybridized carbons (Fsp3) is 0.438. The lowest BCUT2D eigenvalue weighted by molar-refractivity contribution is -0.119. The molecule has 0 N–H and O–H groups in total. The fourth-order valence-corrected chi connectivity index (χ4v) is 2.26. The first-order valence-electron chi connectivity index (χ1n) is 6.98. The number of carbonyl (C=O) groups excluding carboxylic acids is 1. The zero-order chi connectivity index (χ0) is 14.2. The van der Waals surface area contributed by atoms with E-state index in [4.69, 9.17) is 4.52 Å². The highest BCUT2D eigenvalue weighted by atomic mass is 16.5. The number of Topliss-reactive ketones (excluding diaryl/α,β-unsaturated/α-hetero) is 1. The molecule has 20 heavy (non-hydrogen) atoms. The van der Waals surface area contributed by atoms with Crippen molar-refractivity contribution in [3.63, 3.8) is 0 Å². The largest absolute Gasteiger partial charge is 0.339 e. The molecule has 2 aromatic rings. The van der Waals surface area contributed by atoms with Gasteiger partial charge in [0.15, 0.2) is 5.82 Å². The lowest BCUT2D eigenvalue weighted by Gasteiger charge is -2.20. The molecular weight excluding hydrogens is 252 g/mol. The second-order valence-corrected chi connectivity index (χ2v) is 5.92. The minimum atomic E-state index is -0.328. The maximum atomic E-state index is 11.8. The third-order valence-electron chi connectivity index (χ3n) is 3.88. The van der Waals surface area contributed by atoms with E-state index in [0.29, 0.717) is 11.7 Å².